The number of amides is 1. The number of H-pyrrole nitrogens is 1. The van der Waals surface area contributed by atoms with Crippen LogP contribution in [0.5, 0.6) is 0 Å². The Morgan fingerprint density at radius 3 is 2.62 bits per heavy atom. The van der Waals surface area contributed by atoms with Gasteiger partial charge in [-0.1, -0.05) is 41.9 Å². The molecule has 26 heavy (non-hydrogen) atoms. The lowest BCUT2D eigenvalue weighted by atomic mass is 10.0. The van der Waals surface area contributed by atoms with Crippen molar-refractivity contribution < 1.29 is 4.79 Å². The molecule has 2 bridgehead atoms. The van der Waals surface area contributed by atoms with Gasteiger partial charge in [-0.25, -0.2) is 0 Å². The van der Waals surface area contributed by atoms with E-state index in [1.165, 1.54) is 0 Å². The number of carbonyl (C=O) groups excluding carboxylic acids is 1. The number of carbonyl (C=O) groups is 1. The first-order valence-corrected chi connectivity index (χ1v) is 9.37. The number of hydrogen-bond acceptors (Lipinski definition) is 2. The summed E-state index contributed by atoms with van der Waals surface area (Å²) in [7, 11) is 2.15. The zero-order valence-electron chi connectivity index (χ0n) is 14.6. The minimum Gasteiger partial charge on any atom is -0.350 e. The number of halogens is 1. The van der Waals surface area contributed by atoms with Crippen LogP contribution in [0.2, 0.25) is 5.02 Å². The third-order valence-electron chi connectivity index (χ3n) is 5.81. The van der Waals surface area contributed by atoms with Gasteiger partial charge in [0.05, 0.1) is 0 Å². The molecule has 2 aromatic carbocycles. The highest BCUT2D eigenvalue weighted by Crippen LogP contribution is 2.37. The molecule has 1 N–H and O–H groups in total. The second-order valence-electron chi connectivity index (χ2n) is 7.37. The SMILES string of the molecule is CN1C[C@@H]2C[C@H]1CN2C(=O)c1[nH]c2ccc(Cl)cc2c1-c1ccccc1. The molecule has 2 aliphatic rings. The number of aromatic nitrogens is 1. The Morgan fingerprint density at radius 1 is 1.12 bits per heavy atom. The summed E-state index contributed by atoms with van der Waals surface area (Å²) < 4.78 is 0. The molecule has 0 saturated carbocycles. The number of piperazine rings is 1. The molecule has 1 amide bonds. The van der Waals surface area contributed by atoms with Crippen LogP contribution in [0.1, 0.15) is 16.9 Å². The van der Waals surface area contributed by atoms with Crippen molar-refractivity contribution in [1.82, 2.24) is 14.8 Å². The van der Waals surface area contributed by atoms with Crippen molar-refractivity contribution in [3.8, 4) is 11.1 Å². The lowest BCUT2D eigenvalue weighted by Gasteiger charge is -2.32. The number of likely N-dealkylation sites (tertiary alicyclic amines) is 2. The van der Waals surface area contributed by atoms with Crippen LogP contribution in [0, 0.1) is 0 Å². The van der Waals surface area contributed by atoms with Crippen LogP contribution in [0.4, 0.5) is 0 Å². The summed E-state index contributed by atoms with van der Waals surface area (Å²) in [5.74, 6) is 0.0942. The molecule has 0 radical (unpaired) electrons. The first-order chi connectivity index (χ1) is 12.6. The molecule has 3 aromatic rings. The molecule has 5 rings (SSSR count). The molecule has 5 heteroatoms. The molecule has 2 aliphatic heterocycles. The Hall–Kier alpha value is -2.30. The van der Waals surface area contributed by atoms with E-state index in [-0.39, 0.29) is 5.91 Å². The largest absolute Gasteiger partial charge is 0.350 e. The van der Waals surface area contributed by atoms with Crippen LogP contribution in [0.25, 0.3) is 22.0 Å². The Kier molecular flexibility index (Phi) is 3.59. The maximum atomic E-state index is 13.4. The maximum absolute atomic E-state index is 13.4. The molecular weight excluding hydrogens is 346 g/mol. The zero-order valence-corrected chi connectivity index (χ0v) is 15.3. The highest BCUT2D eigenvalue weighted by Gasteiger charge is 2.44. The third-order valence-corrected chi connectivity index (χ3v) is 6.05. The lowest BCUT2D eigenvalue weighted by molar-refractivity contribution is 0.0646. The summed E-state index contributed by atoms with van der Waals surface area (Å²) >= 11 is 6.25. The van der Waals surface area contributed by atoms with Crippen LogP contribution < -0.4 is 0 Å². The molecular formula is C21H20ClN3O. The Labute approximate surface area is 157 Å². The monoisotopic (exact) mass is 365 g/mol. The normalized spacial score (nSPS) is 22.5. The van der Waals surface area contributed by atoms with E-state index in [9.17, 15) is 4.79 Å². The molecule has 0 aliphatic carbocycles. The van der Waals surface area contributed by atoms with Crippen molar-refractivity contribution in [3.05, 3.63) is 59.2 Å². The molecule has 0 unspecified atom stereocenters. The van der Waals surface area contributed by atoms with Crippen LogP contribution in [0.15, 0.2) is 48.5 Å². The first-order valence-electron chi connectivity index (χ1n) is 8.99. The van der Waals surface area contributed by atoms with Gasteiger partial charge in [-0.3, -0.25) is 9.69 Å². The summed E-state index contributed by atoms with van der Waals surface area (Å²) in [5, 5.41) is 1.67. The van der Waals surface area contributed by atoms with E-state index < -0.39 is 0 Å². The van der Waals surface area contributed by atoms with E-state index >= 15 is 0 Å². The van der Waals surface area contributed by atoms with Gasteiger partial charge in [-0.2, -0.15) is 0 Å². The van der Waals surface area contributed by atoms with E-state index in [1.807, 2.05) is 53.4 Å². The number of nitrogens with zero attached hydrogens (tertiary/aromatic N) is 2. The number of hydrogen-bond donors (Lipinski definition) is 1. The average Bonchev–Trinajstić information content (AvgIpc) is 3.33. The molecule has 2 atom stereocenters. The fraction of sp³-hybridized carbons (Fsp3) is 0.286. The van der Waals surface area contributed by atoms with Gasteiger partial charge < -0.3 is 9.88 Å². The van der Waals surface area contributed by atoms with Crippen molar-refractivity contribution in [1.29, 1.82) is 0 Å². The van der Waals surface area contributed by atoms with Gasteiger partial charge in [0, 0.05) is 46.7 Å². The van der Waals surface area contributed by atoms with Crippen LogP contribution >= 0.6 is 11.6 Å². The van der Waals surface area contributed by atoms with Gasteiger partial charge in [0.2, 0.25) is 0 Å². The average molecular weight is 366 g/mol. The van der Waals surface area contributed by atoms with Crippen LogP contribution in [-0.4, -0.2) is 52.9 Å². The molecule has 1 aromatic heterocycles. The number of nitrogens with one attached hydrogen (secondary N) is 1. The summed E-state index contributed by atoms with van der Waals surface area (Å²) in [6.07, 6.45) is 1.08. The number of fused-ring (bicyclic) bond motifs is 3. The third kappa shape index (κ3) is 2.37. The van der Waals surface area contributed by atoms with Gasteiger partial charge in [0.15, 0.2) is 0 Å². The van der Waals surface area contributed by atoms with E-state index in [2.05, 4.69) is 16.9 Å². The Morgan fingerprint density at radius 2 is 1.92 bits per heavy atom. The zero-order chi connectivity index (χ0) is 17.8. The quantitative estimate of drug-likeness (QED) is 0.745. The fourth-order valence-electron chi connectivity index (χ4n) is 4.49. The van der Waals surface area contributed by atoms with Crippen LogP contribution in [0.3, 0.4) is 0 Å². The number of aromatic amines is 1. The van der Waals surface area contributed by atoms with Gasteiger partial charge >= 0.3 is 0 Å². The van der Waals surface area contributed by atoms with Gasteiger partial charge in [-0.05, 0) is 37.2 Å². The molecule has 4 nitrogen and oxygen atoms in total. The minimum absolute atomic E-state index is 0.0942. The van der Waals surface area contributed by atoms with E-state index in [0.717, 1.165) is 41.5 Å². The molecule has 2 saturated heterocycles. The number of benzene rings is 2. The highest BCUT2D eigenvalue weighted by molar-refractivity contribution is 6.31. The Balaban J connectivity index is 1.65. The maximum Gasteiger partial charge on any atom is 0.271 e. The molecule has 132 valence electrons. The smallest absolute Gasteiger partial charge is 0.271 e. The van der Waals surface area contributed by atoms with Gasteiger partial charge in [0.1, 0.15) is 5.69 Å². The molecule has 3 heterocycles. The first kappa shape index (κ1) is 15.9. The second kappa shape index (κ2) is 5.86. The molecule has 0 spiro atoms. The van der Waals surface area contributed by atoms with Gasteiger partial charge in [0.25, 0.3) is 5.91 Å². The number of likely N-dealkylation sites (N-methyl/N-ethyl adjacent to an activating group) is 1. The van der Waals surface area contributed by atoms with Crippen molar-refractivity contribution in [2.75, 3.05) is 20.1 Å². The predicted octanol–water partition coefficient (Wildman–Crippen LogP) is 4.02. The second-order valence-corrected chi connectivity index (χ2v) is 7.81. The minimum atomic E-state index is 0.0942. The van der Waals surface area contributed by atoms with E-state index in [4.69, 9.17) is 11.6 Å². The lowest BCUT2D eigenvalue weighted by Crippen LogP contribution is -2.47. The van der Waals surface area contributed by atoms with Crippen molar-refractivity contribution in [3.63, 3.8) is 0 Å². The Bertz CT molecular complexity index is 995. The predicted molar refractivity (Wildman–Crippen MR) is 105 cm³/mol. The summed E-state index contributed by atoms with van der Waals surface area (Å²) in [6.45, 7) is 1.77. The van der Waals surface area contributed by atoms with Crippen molar-refractivity contribution in [2.24, 2.45) is 0 Å². The standard InChI is InChI=1S/C21H20ClN3O/c1-24-11-16-10-15(24)12-25(16)21(26)20-19(13-5-3-2-4-6-13)17-9-14(22)7-8-18(17)23-20/h2-9,15-16,23H,10-12H2,1H3/t15-,16-/m0/s1. The summed E-state index contributed by atoms with van der Waals surface area (Å²) in [6, 6.07) is 16.6. The molecule has 2 fully saturated rings. The van der Waals surface area contributed by atoms with E-state index in [1.54, 1.807) is 0 Å². The highest BCUT2D eigenvalue weighted by atomic mass is 35.5. The van der Waals surface area contributed by atoms with Crippen LogP contribution in [-0.2, 0) is 0 Å². The van der Waals surface area contributed by atoms with Crippen molar-refractivity contribution in [2.45, 2.75) is 18.5 Å². The van der Waals surface area contributed by atoms with Gasteiger partial charge in [-0.15, -0.1) is 0 Å². The fourth-order valence-corrected chi connectivity index (χ4v) is 4.66. The number of rotatable bonds is 2. The van der Waals surface area contributed by atoms with E-state index in [0.29, 0.717) is 22.8 Å². The van der Waals surface area contributed by atoms with Crippen molar-refractivity contribution >= 4 is 28.4 Å². The summed E-state index contributed by atoms with van der Waals surface area (Å²) in [5.41, 5.74) is 3.59. The topological polar surface area (TPSA) is 39.3 Å². The summed E-state index contributed by atoms with van der Waals surface area (Å²) in [4.78, 5) is 21.2.